The van der Waals surface area contributed by atoms with Gasteiger partial charge in [0, 0.05) is 18.2 Å². The number of rotatable bonds is 4. The van der Waals surface area contributed by atoms with E-state index in [-0.39, 0.29) is 11.5 Å². The largest absolute Gasteiger partial charge is 0.352 e. The minimum atomic E-state index is -0.926. The molecule has 1 amide bonds. The molecule has 0 heterocycles. The fraction of sp³-hybridized carbons (Fsp3) is 0.533. The predicted octanol–water partition coefficient (Wildman–Crippen LogP) is 2.90. The normalized spacial score (nSPS) is 26.8. The lowest BCUT2D eigenvalue weighted by atomic mass is 9.89. The molecule has 0 saturated heterocycles. The Bertz CT molecular complexity index is 590. The number of benzene rings is 1. The number of amides is 1. The van der Waals surface area contributed by atoms with E-state index in [4.69, 9.17) is 0 Å². The summed E-state index contributed by atoms with van der Waals surface area (Å²) in [4.78, 5) is 21.9. The van der Waals surface area contributed by atoms with Crippen LogP contribution in [0.15, 0.2) is 18.2 Å². The maximum Gasteiger partial charge on any atom is 0.305 e. The van der Waals surface area contributed by atoms with Crippen LogP contribution in [-0.4, -0.2) is 17.4 Å². The highest BCUT2D eigenvalue weighted by atomic mass is 19.1. The molecule has 3 unspecified atom stereocenters. The van der Waals surface area contributed by atoms with Crippen LogP contribution in [0.5, 0.6) is 0 Å². The standard InChI is InChI=1S/C15H17FN2O3/c16-13-4-3-11(7-14(13)18(20)21)15(19)17-8-12-6-9-1-2-10(12)5-9/h3-4,7,9-10,12H,1-2,5-6,8H2,(H,17,19). The van der Waals surface area contributed by atoms with Gasteiger partial charge < -0.3 is 5.32 Å². The van der Waals surface area contributed by atoms with Crippen LogP contribution < -0.4 is 5.32 Å². The van der Waals surface area contributed by atoms with E-state index in [0.717, 1.165) is 24.5 Å². The highest BCUT2D eigenvalue weighted by Gasteiger charge is 2.39. The molecule has 0 radical (unpaired) electrons. The summed E-state index contributed by atoms with van der Waals surface area (Å²) in [6.45, 7) is 0.602. The Labute approximate surface area is 121 Å². The molecular weight excluding hydrogens is 275 g/mol. The summed E-state index contributed by atoms with van der Waals surface area (Å²) in [5.74, 6) is 0.732. The third-order valence-corrected chi connectivity index (χ3v) is 4.81. The van der Waals surface area contributed by atoms with Gasteiger partial charge in [-0.2, -0.15) is 4.39 Å². The van der Waals surface area contributed by atoms with E-state index in [0.29, 0.717) is 18.4 Å². The molecular formula is C15H17FN2O3. The van der Waals surface area contributed by atoms with Gasteiger partial charge in [-0.05, 0) is 49.1 Å². The summed E-state index contributed by atoms with van der Waals surface area (Å²) in [6, 6.07) is 3.23. The van der Waals surface area contributed by atoms with Crippen molar-refractivity contribution in [1.29, 1.82) is 0 Å². The maximum absolute atomic E-state index is 13.2. The van der Waals surface area contributed by atoms with E-state index < -0.39 is 16.4 Å². The zero-order chi connectivity index (χ0) is 15.0. The molecule has 0 aromatic heterocycles. The van der Waals surface area contributed by atoms with Crippen molar-refractivity contribution in [2.45, 2.75) is 25.7 Å². The van der Waals surface area contributed by atoms with Crippen LogP contribution in [0.4, 0.5) is 10.1 Å². The molecule has 3 rings (SSSR count). The number of hydrogen-bond donors (Lipinski definition) is 1. The second-order valence-electron chi connectivity index (χ2n) is 6.07. The number of hydrogen-bond acceptors (Lipinski definition) is 3. The molecule has 0 spiro atoms. The third-order valence-electron chi connectivity index (χ3n) is 4.81. The SMILES string of the molecule is O=C(NCC1CC2CCC1C2)c1ccc(F)c([N+](=O)[O-])c1. The van der Waals surface area contributed by atoms with Crippen LogP contribution in [0.1, 0.15) is 36.0 Å². The zero-order valence-corrected chi connectivity index (χ0v) is 11.5. The summed E-state index contributed by atoms with van der Waals surface area (Å²) in [7, 11) is 0. The smallest absolute Gasteiger partial charge is 0.305 e. The van der Waals surface area contributed by atoms with E-state index in [1.165, 1.54) is 25.3 Å². The van der Waals surface area contributed by atoms with Gasteiger partial charge in [-0.3, -0.25) is 14.9 Å². The second-order valence-corrected chi connectivity index (χ2v) is 6.07. The first-order valence-electron chi connectivity index (χ1n) is 7.26. The monoisotopic (exact) mass is 292 g/mol. The average molecular weight is 292 g/mol. The van der Waals surface area contributed by atoms with Gasteiger partial charge in [-0.25, -0.2) is 0 Å². The maximum atomic E-state index is 13.2. The lowest BCUT2D eigenvalue weighted by molar-refractivity contribution is -0.387. The van der Waals surface area contributed by atoms with Gasteiger partial charge in [0.25, 0.3) is 5.91 Å². The Morgan fingerprint density at radius 3 is 2.81 bits per heavy atom. The highest BCUT2D eigenvalue weighted by molar-refractivity contribution is 5.94. The van der Waals surface area contributed by atoms with Crippen LogP contribution >= 0.6 is 0 Å². The number of carbonyl (C=O) groups excluding carboxylic acids is 1. The highest BCUT2D eigenvalue weighted by Crippen LogP contribution is 2.47. The Balaban J connectivity index is 1.63. The van der Waals surface area contributed by atoms with E-state index >= 15 is 0 Å². The number of nitrogens with one attached hydrogen (secondary N) is 1. The molecule has 112 valence electrons. The van der Waals surface area contributed by atoms with Crippen LogP contribution in [0.25, 0.3) is 0 Å². The Hall–Kier alpha value is -1.98. The van der Waals surface area contributed by atoms with Crippen LogP contribution in [0.3, 0.4) is 0 Å². The van der Waals surface area contributed by atoms with Crippen LogP contribution in [0, 0.1) is 33.7 Å². The van der Waals surface area contributed by atoms with Crippen molar-refractivity contribution in [1.82, 2.24) is 5.32 Å². The second kappa shape index (κ2) is 5.42. The fourth-order valence-electron chi connectivity index (χ4n) is 3.75. The minimum Gasteiger partial charge on any atom is -0.352 e. The summed E-state index contributed by atoms with van der Waals surface area (Å²) in [5.41, 5.74) is -0.533. The number of nitro benzene ring substituents is 1. The van der Waals surface area contributed by atoms with Crippen molar-refractivity contribution in [3.8, 4) is 0 Å². The first-order chi connectivity index (χ1) is 10.0. The van der Waals surface area contributed by atoms with Crippen molar-refractivity contribution in [2.24, 2.45) is 17.8 Å². The molecule has 1 aromatic carbocycles. The van der Waals surface area contributed by atoms with Crippen molar-refractivity contribution in [2.75, 3.05) is 6.54 Å². The molecule has 2 fully saturated rings. The molecule has 21 heavy (non-hydrogen) atoms. The molecule has 2 aliphatic carbocycles. The third kappa shape index (κ3) is 2.75. The van der Waals surface area contributed by atoms with Crippen molar-refractivity contribution in [3.63, 3.8) is 0 Å². The van der Waals surface area contributed by atoms with E-state index in [2.05, 4.69) is 5.32 Å². The fourth-order valence-corrected chi connectivity index (χ4v) is 3.75. The minimum absolute atomic E-state index is 0.131. The molecule has 1 aromatic rings. The van der Waals surface area contributed by atoms with E-state index in [9.17, 15) is 19.3 Å². The molecule has 3 atom stereocenters. The first-order valence-corrected chi connectivity index (χ1v) is 7.26. The van der Waals surface area contributed by atoms with Crippen molar-refractivity contribution >= 4 is 11.6 Å². The molecule has 2 aliphatic rings. The van der Waals surface area contributed by atoms with Gasteiger partial charge in [-0.15, -0.1) is 0 Å². The Morgan fingerprint density at radius 2 is 2.19 bits per heavy atom. The molecule has 6 heteroatoms. The summed E-state index contributed by atoms with van der Waals surface area (Å²) >= 11 is 0. The van der Waals surface area contributed by atoms with Crippen molar-refractivity contribution < 1.29 is 14.1 Å². The Morgan fingerprint density at radius 1 is 1.38 bits per heavy atom. The van der Waals surface area contributed by atoms with Gasteiger partial charge in [0.2, 0.25) is 5.82 Å². The molecule has 5 nitrogen and oxygen atoms in total. The quantitative estimate of drug-likeness (QED) is 0.685. The summed E-state index contributed by atoms with van der Waals surface area (Å²) in [5, 5.41) is 13.5. The molecule has 2 bridgehead atoms. The molecule has 0 aliphatic heterocycles. The van der Waals surface area contributed by atoms with Gasteiger partial charge in [0.1, 0.15) is 0 Å². The lowest BCUT2D eigenvalue weighted by Gasteiger charge is -2.21. The summed E-state index contributed by atoms with van der Waals surface area (Å²) < 4.78 is 13.2. The number of carbonyl (C=O) groups is 1. The lowest BCUT2D eigenvalue weighted by Crippen LogP contribution is -2.31. The number of nitro groups is 1. The zero-order valence-electron chi connectivity index (χ0n) is 11.5. The molecule has 1 N–H and O–H groups in total. The average Bonchev–Trinajstić information content (AvgIpc) is 3.07. The number of nitrogens with zero attached hydrogens (tertiary/aromatic N) is 1. The van der Waals surface area contributed by atoms with Crippen molar-refractivity contribution in [3.05, 3.63) is 39.7 Å². The van der Waals surface area contributed by atoms with Gasteiger partial charge in [-0.1, -0.05) is 6.42 Å². The van der Waals surface area contributed by atoms with Gasteiger partial charge in [0.15, 0.2) is 0 Å². The van der Waals surface area contributed by atoms with Crippen LogP contribution in [0.2, 0.25) is 0 Å². The number of fused-ring (bicyclic) bond motifs is 2. The summed E-state index contributed by atoms with van der Waals surface area (Å²) in [6.07, 6.45) is 4.98. The topological polar surface area (TPSA) is 72.2 Å². The first kappa shape index (κ1) is 14.0. The molecule has 2 saturated carbocycles. The van der Waals surface area contributed by atoms with Gasteiger partial charge >= 0.3 is 5.69 Å². The Kier molecular flexibility index (Phi) is 3.61. The van der Waals surface area contributed by atoms with Gasteiger partial charge in [0.05, 0.1) is 4.92 Å². The van der Waals surface area contributed by atoms with E-state index in [1.807, 2.05) is 0 Å². The predicted molar refractivity (Wildman–Crippen MR) is 74.3 cm³/mol. The van der Waals surface area contributed by atoms with Crippen LogP contribution in [-0.2, 0) is 0 Å². The number of halogens is 1. The van der Waals surface area contributed by atoms with E-state index in [1.54, 1.807) is 0 Å².